The van der Waals surface area contributed by atoms with Crippen molar-refractivity contribution in [3.63, 3.8) is 0 Å². The number of ether oxygens (including phenoxy) is 1. The van der Waals surface area contributed by atoms with Crippen LogP contribution >= 0.6 is 24.0 Å². The summed E-state index contributed by atoms with van der Waals surface area (Å²) in [6, 6.07) is 20.8. The lowest BCUT2D eigenvalue weighted by molar-refractivity contribution is -0.118. The number of hydrogen-bond donors (Lipinski definition) is 1. The highest BCUT2D eigenvalue weighted by molar-refractivity contribution is 8.27. The number of carbonyl (C=O) groups is 2. The van der Waals surface area contributed by atoms with Crippen LogP contribution in [0, 0.1) is 13.8 Å². The summed E-state index contributed by atoms with van der Waals surface area (Å²) in [6.45, 7) is 3.88. The molecule has 1 N–H and O–H groups in total. The summed E-state index contributed by atoms with van der Waals surface area (Å²) in [5, 5.41) is 2.86. The highest BCUT2D eigenvalue weighted by atomic mass is 32.2. The molecular weight excluding hydrogens is 490 g/mol. The van der Waals surface area contributed by atoms with Crippen molar-refractivity contribution in [2.45, 2.75) is 13.8 Å². The van der Waals surface area contributed by atoms with E-state index in [0.717, 1.165) is 33.8 Å². The first-order valence-electron chi connectivity index (χ1n) is 11.4. The van der Waals surface area contributed by atoms with Gasteiger partial charge in [-0.15, -0.1) is 0 Å². The van der Waals surface area contributed by atoms with Gasteiger partial charge in [0.2, 0.25) is 0 Å². The molecule has 0 saturated carbocycles. The lowest BCUT2D eigenvalue weighted by Gasteiger charge is -2.17. The van der Waals surface area contributed by atoms with Gasteiger partial charge in [0.1, 0.15) is 5.75 Å². The Morgan fingerprint density at radius 2 is 1.67 bits per heavy atom. The number of aryl methyl sites for hydroxylation is 2. The Morgan fingerprint density at radius 1 is 1.03 bits per heavy atom. The fourth-order valence-electron chi connectivity index (χ4n) is 3.79. The number of anilines is 3. The first-order chi connectivity index (χ1) is 17.2. The smallest absolute Gasteiger partial charge is 0.270 e. The largest absolute Gasteiger partial charge is 0.484 e. The fourth-order valence-corrected chi connectivity index (χ4v) is 5.09. The monoisotopic (exact) mass is 517 g/mol. The Bertz CT molecular complexity index is 1310. The first kappa shape index (κ1) is 25.5. The number of rotatable bonds is 7. The standard InChI is InChI=1S/C28H27N3O3S2/c1-18-13-19(2)15-21(14-18)29-26(32)17-34-24-11-5-20(6-12-24)16-25-27(33)31(28(35)36-25)23-9-7-22(8-10-23)30(3)4/h5-16H,17H2,1-4H3,(H,29,32)/b25-16-. The van der Waals surface area contributed by atoms with Gasteiger partial charge < -0.3 is 15.0 Å². The zero-order chi connectivity index (χ0) is 25.8. The summed E-state index contributed by atoms with van der Waals surface area (Å²) < 4.78 is 6.13. The SMILES string of the molecule is Cc1cc(C)cc(NC(=O)COc2ccc(/C=C3\SC(=S)N(c4ccc(N(C)C)cc4)C3=O)cc2)c1. The number of amides is 2. The van der Waals surface area contributed by atoms with Gasteiger partial charge in [0.25, 0.3) is 11.8 Å². The topological polar surface area (TPSA) is 61.9 Å². The minimum atomic E-state index is -0.230. The highest BCUT2D eigenvalue weighted by Crippen LogP contribution is 2.36. The maximum absolute atomic E-state index is 13.0. The number of benzene rings is 3. The van der Waals surface area contributed by atoms with E-state index in [1.165, 1.54) is 11.8 Å². The van der Waals surface area contributed by atoms with E-state index in [1.54, 1.807) is 17.0 Å². The molecule has 0 unspecified atom stereocenters. The molecule has 184 valence electrons. The molecule has 2 amide bonds. The molecule has 3 aromatic rings. The van der Waals surface area contributed by atoms with E-state index in [-0.39, 0.29) is 18.4 Å². The van der Waals surface area contributed by atoms with Crippen molar-refractivity contribution < 1.29 is 14.3 Å². The van der Waals surface area contributed by atoms with Crippen LogP contribution in [0.15, 0.2) is 71.6 Å². The van der Waals surface area contributed by atoms with Crippen molar-refractivity contribution in [3.8, 4) is 5.75 Å². The second kappa shape index (κ2) is 11.0. The Hall–Kier alpha value is -3.62. The number of nitrogens with one attached hydrogen (secondary N) is 1. The Labute approximate surface area is 220 Å². The van der Waals surface area contributed by atoms with E-state index in [2.05, 4.69) is 5.32 Å². The number of hydrogen-bond acceptors (Lipinski definition) is 6. The van der Waals surface area contributed by atoms with Gasteiger partial charge in [-0.05, 0) is 85.1 Å². The molecule has 0 atom stereocenters. The molecule has 1 aliphatic rings. The maximum atomic E-state index is 13.0. The summed E-state index contributed by atoms with van der Waals surface area (Å²) in [6.07, 6.45) is 1.81. The van der Waals surface area contributed by atoms with E-state index >= 15 is 0 Å². The molecule has 0 radical (unpaired) electrons. The van der Waals surface area contributed by atoms with Crippen molar-refractivity contribution in [1.82, 2.24) is 0 Å². The van der Waals surface area contributed by atoms with Crippen LogP contribution in [0.3, 0.4) is 0 Å². The summed E-state index contributed by atoms with van der Waals surface area (Å²) in [5.41, 5.74) is 5.55. The summed E-state index contributed by atoms with van der Waals surface area (Å²) in [5.74, 6) is 0.189. The predicted octanol–water partition coefficient (Wildman–Crippen LogP) is 5.79. The van der Waals surface area contributed by atoms with Crippen LogP contribution in [0.1, 0.15) is 16.7 Å². The van der Waals surface area contributed by atoms with Gasteiger partial charge in [0.05, 0.1) is 10.6 Å². The molecule has 0 bridgehead atoms. The van der Waals surface area contributed by atoms with Gasteiger partial charge in [-0.1, -0.05) is 42.2 Å². The van der Waals surface area contributed by atoms with Crippen LogP contribution in [0.25, 0.3) is 6.08 Å². The number of carbonyl (C=O) groups excluding carboxylic acids is 2. The van der Waals surface area contributed by atoms with E-state index in [0.29, 0.717) is 15.0 Å². The minimum Gasteiger partial charge on any atom is -0.484 e. The third-order valence-electron chi connectivity index (χ3n) is 5.47. The molecule has 36 heavy (non-hydrogen) atoms. The van der Waals surface area contributed by atoms with Crippen LogP contribution in [-0.4, -0.2) is 36.8 Å². The molecule has 6 nitrogen and oxygen atoms in total. The molecule has 1 aliphatic heterocycles. The van der Waals surface area contributed by atoms with Crippen molar-refractivity contribution in [1.29, 1.82) is 0 Å². The quantitative estimate of drug-likeness (QED) is 0.316. The van der Waals surface area contributed by atoms with Gasteiger partial charge in [0, 0.05) is 25.5 Å². The first-order valence-corrected chi connectivity index (χ1v) is 12.6. The Kier molecular flexibility index (Phi) is 7.76. The third-order valence-corrected chi connectivity index (χ3v) is 6.77. The molecule has 0 aromatic heterocycles. The van der Waals surface area contributed by atoms with Crippen LogP contribution in [-0.2, 0) is 9.59 Å². The van der Waals surface area contributed by atoms with Gasteiger partial charge >= 0.3 is 0 Å². The van der Waals surface area contributed by atoms with Crippen LogP contribution < -0.4 is 19.9 Å². The molecule has 1 fully saturated rings. The third kappa shape index (κ3) is 6.13. The molecule has 1 saturated heterocycles. The van der Waals surface area contributed by atoms with Crippen molar-refractivity contribution in [3.05, 3.63) is 88.3 Å². The lowest BCUT2D eigenvalue weighted by Crippen LogP contribution is -2.27. The average molecular weight is 518 g/mol. The second-order valence-corrected chi connectivity index (χ2v) is 10.4. The number of thioether (sulfide) groups is 1. The molecule has 8 heteroatoms. The summed E-state index contributed by atoms with van der Waals surface area (Å²) in [7, 11) is 3.93. The summed E-state index contributed by atoms with van der Waals surface area (Å²) in [4.78, 5) is 29.4. The highest BCUT2D eigenvalue weighted by Gasteiger charge is 2.33. The van der Waals surface area contributed by atoms with Crippen molar-refractivity contribution >= 4 is 63.3 Å². The van der Waals surface area contributed by atoms with Gasteiger partial charge in [0.15, 0.2) is 10.9 Å². The van der Waals surface area contributed by atoms with E-state index < -0.39 is 0 Å². The van der Waals surface area contributed by atoms with E-state index in [9.17, 15) is 9.59 Å². The summed E-state index contributed by atoms with van der Waals surface area (Å²) >= 11 is 6.75. The van der Waals surface area contributed by atoms with Crippen molar-refractivity contribution in [2.24, 2.45) is 0 Å². The molecule has 4 rings (SSSR count). The van der Waals surface area contributed by atoms with Crippen LogP contribution in [0.4, 0.5) is 17.1 Å². The number of nitrogens with zero attached hydrogens (tertiary/aromatic N) is 2. The Balaban J connectivity index is 1.37. The fraction of sp³-hybridized carbons (Fsp3) is 0.179. The second-order valence-electron chi connectivity index (χ2n) is 8.71. The normalized spacial score (nSPS) is 14.3. The lowest BCUT2D eigenvalue weighted by atomic mass is 10.1. The molecule has 0 aliphatic carbocycles. The zero-order valence-electron chi connectivity index (χ0n) is 20.6. The van der Waals surface area contributed by atoms with Gasteiger partial charge in [-0.2, -0.15) is 0 Å². The number of thiocarbonyl (C=S) groups is 1. The van der Waals surface area contributed by atoms with Crippen molar-refractivity contribution in [2.75, 3.05) is 35.8 Å². The molecule has 3 aromatic carbocycles. The average Bonchev–Trinajstić information content (AvgIpc) is 3.10. The van der Waals surface area contributed by atoms with Crippen LogP contribution in [0.2, 0.25) is 0 Å². The van der Waals surface area contributed by atoms with E-state index in [1.807, 2.05) is 93.5 Å². The Morgan fingerprint density at radius 3 is 2.28 bits per heavy atom. The predicted molar refractivity (Wildman–Crippen MR) is 153 cm³/mol. The van der Waals surface area contributed by atoms with Crippen LogP contribution in [0.5, 0.6) is 5.75 Å². The maximum Gasteiger partial charge on any atom is 0.270 e. The molecule has 0 spiro atoms. The molecular formula is C28H27N3O3S2. The van der Waals surface area contributed by atoms with E-state index in [4.69, 9.17) is 17.0 Å². The molecule has 1 heterocycles. The zero-order valence-corrected chi connectivity index (χ0v) is 22.2. The minimum absolute atomic E-state index is 0.0996. The van der Waals surface area contributed by atoms with Gasteiger partial charge in [-0.3, -0.25) is 14.5 Å². The van der Waals surface area contributed by atoms with Gasteiger partial charge in [-0.25, -0.2) is 0 Å².